The van der Waals surface area contributed by atoms with Crippen LogP contribution in [0.4, 0.5) is 0 Å². The Labute approximate surface area is 104 Å². The zero-order valence-corrected chi connectivity index (χ0v) is 11.2. The molecule has 0 spiro atoms. The molecular formula is C15H22O2. The molecule has 1 unspecified atom stereocenters. The highest BCUT2D eigenvalue weighted by Gasteiger charge is 2.15. The fraction of sp³-hybridized carbons (Fsp3) is 0.533. The number of hydrogen-bond acceptors (Lipinski definition) is 2. The molecule has 17 heavy (non-hydrogen) atoms. The Kier molecular flexibility index (Phi) is 4.47. The maximum absolute atomic E-state index is 11.6. The summed E-state index contributed by atoms with van der Waals surface area (Å²) in [6, 6.07) is 8.06. The number of Topliss-reactive ketones (excluding diaryl/α,β-unsaturated/α-hetero) is 1. The molecule has 94 valence electrons. The van der Waals surface area contributed by atoms with E-state index in [1.165, 1.54) is 5.56 Å². The maximum Gasteiger partial charge on any atom is 0.165 e. The van der Waals surface area contributed by atoms with Gasteiger partial charge in [-0.2, -0.15) is 0 Å². The lowest BCUT2D eigenvalue weighted by atomic mass is 9.86. The third-order valence-corrected chi connectivity index (χ3v) is 2.96. The van der Waals surface area contributed by atoms with Gasteiger partial charge in [-0.1, -0.05) is 52.0 Å². The van der Waals surface area contributed by atoms with Crippen molar-refractivity contribution in [3.05, 3.63) is 35.4 Å². The molecule has 0 aliphatic heterocycles. The summed E-state index contributed by atoms with van der Waals surface area (Å²) in [6.07, 6.45) is -0.0180. The first-order valence-corrected chi connectivity index (χ1v) is 6.14. The van der Waals surface area contributed by atoms with Crippen molar-refractivity contribution >= 4 is 5.78 Å². The fourth-order valence-electron chi connectivity index (χ4n) is 1.67. The summed E-state index contributed by atoms with van der Waals surface area (Å²) in [5.74, 6) is -0.101. The van der Waals surface area contributed by atoms with Crippen LogP contribution in [-0.2, 0) is 16.6 Å². The molecule has 0 fully saturated rings. The third kappa shape index (κ3) is 3.97. The molecule has 0 amide bonds. The first-order valence-electron chi connectivity index (χ1n) is 6.14. The molecule has 1 atom stereocenters. The van der Waals surface area contributed by atoms with Gasteiger partial charge in [0.1, 0.15) is 6.10 Å². The number of carbonyl (C=O) groups excluding carboxylic acids is 1. The lowest BCUT2D eigenvalue weighted by Gasteiger charge is -2.19. The number of ketones is 1. The van der Waals surface area contributed by atoms with E-state index in [1.807, 2.05) is 19.1 Å². The van der Waals surface area contributed by atoms with Gasteiger partial charge in [0.25, 0.3) is 0 Å². The van der Waals surface area contributed by atoms with Crippen molar-refractivity contribution in [2.45, 2.75) is 52.1 Å². The van der Waals surface area contributed by atoms with Crippen LogP contribution >= 0.6 is 0 Å². The zero-order chi connectivity index (χ0) is 13.1. The highest BCUT2D eigenvalue weighted by Crippen LogP contribution is 2.22. The van der Waals surface area contributed by atoms with Crippen LogP contribution in [-0.4, -0.2) is 17.0 Å². The summed E-state index contributed by atoms with van der Waals surface area (Å²) in [5, 5.41) is 9.42. The van der Waals surface area contributed by atoms with Crippen LogP contribution in [0.2, 0.25) is 0 Å². The Morgan fingerprint density at radius 1 is 1.24 bits per heavy atom. The number of rotatable bonds is 4. The molecule has 1 N–H and O–H groups in total. The quantitative estimate of drug-likeness (QED) is 0.869. The fourth-order valence-corrected chi connectivity index (χ4v) is 1.67. The van der Waals surface area contributed by atoms with E-state index in [0.29, 0.717) is 12.8 Å². The van der Waals surface area contributed by atoms with E-state index in [0.717, 1.165) is 5.56 Å². The maximum atomic E-state index is 11.6. The van der Waals surface area contributed by atoms with Gasteiger partial charge in [0, 0.05) is 6.42 Å². The lowest BCUT2D eigenvalue weighted by Crippen LogP contribution is -2.21. The molecule has 1 aromatic carbocycles. The zero-order valence-electron chi connectivity index (χ0n) is 11.2. The van der Waals surface area contributed by atoms with Gasteiger partial charge in [-0.3, -0.25) is 4.79 Å². The highest BCUT2D eigenvalue weighted by molar-refractivity contribution is 5.84. The molecule has 0 radical (unpaired) electrons. The van der Waals surface area contributed by atoms with Gasteiger partial charge in [0.05, 0.1) is 0 Å². The van der Waals surface area contributed by atoms with Gasteiger partial charge in [-0.15, -0.1) is 0 Å². The second-order valence-electron chi connectivity index (χ2n) is 5.51. The topological polar surface area (TPSA) is 37.3 Å². The molecule has 0 aliphatic carbocycles. The molecule has 1 aromatic rings. The third-order valence-electron chi connectivity index (χ3n) is 2.96. The molecule has 0 heterocycles. The molecule has 0 bridgehead atoms. The number of aliphatic hydroxyl groups is 1. The number of hydrogen-bond donors (Lipinski definition) is 1. The van der Waals surface area contributed by atoms with Gasteiger partial charge >= 0.3 is 0 Å². The van der Waals surface area contributed by atoms with E-state index in [9.17, 15) is 9.90 Å². The van der Waals surface area contributed by atoms with Gasteiger partial charge in [0.15, 0.2) is 5.78 Å². The van der Waals surface area contributed by atoms with Crippen LogP contribution in [0, 0.1) is 0 Å². The summed E-state index contributed by atoms with van der Waals surface area (Å²) in [5.41, 5.74) is 2.35. The van der Waals surface area contributed by atoms with Gasteiger partial charge < -0.3 is 5.11 Å². The minimum atomic E-state index is -0.822. The first kappa shape index (κ1) is 13.9. The van der Waals surface area contributed by atoms with Gasteiger partial charge in [-0.05, 0) is 23.0 Å². The Morgan fingerprint density at radius 2 is 1.76 bits per heavy atom. The first-order chi connectivity index (χ1) is 7.84. The largest absolute Gasteiger partial charge is 0.385 e. The Balaban J connectivity index is 2.73. The molecule has 0 saturated carbocycles. The molecular weight excluding hydrogens is 212 g/mol. The predicted molar refractivity (Wildman–Crippen MR) is 70.2 cm³/mol. The van der Waals surface area contributed by atoms with Crippen LogP contribution < -0.4 is 0 Å². The number of carbonyl (C=O) groups is 1. The average molecular weight is 234 g/mol. The van der Waals surface area contributed by atoms with Crippen LogP contribution in [0.25, 0.3) is 0 Å². The Morgan fingerprint density at radius 3 is 2.18 bits per heavy atom. The number of aliphatic hydroxyl groups excluding tert-OH is 1. The van der Waals surface area contributed by atoms with Crippen molar-refractivity contribution < 1.29 is 9.90 Å². The monoisotopic (exact) mass is 234 g/mol. The second-order valence-corrected chi connectivity index (χ2v) is 5.51. The minimum absolute atomic E-state index is 0.101. The van der Waals surface area contributed by atoms with E-state index in [1.54, 1.807) is 0 Å². The smallest absolute Gasteiger partial charge is 0.165 e. The molecule has 2 nitrogen and oxygen atoms in total. The molecule has 0 aromatic heterocycles. The van der Waals surface area contributed by atoms with Crippen LogP contribution in [0.1, 0.15) is 45.2 Å². The molecule has 2 heteroatoms. The van der Waals surface area contributed by atoms with E-state index in [4.69, 9.17) is 0 Å². The Bertz CT molecular complexity index is 371. The predicted octanol–water partition coefficient (Wildman–Crippen LogP) is 2.87. The van der Waals surface area contributed by atoms with Crippen LogP contribution in [0.3, 0.4) is 0 Å². The Hall–Kier alpha value is -1.15. The van der Waals surface area contributed by atoms with E-state index in [-0.39, 0.29) is 11.2 Å². The van der Waals surface area contributed by atoms with Crippen molar-refractivity contribution in [1.29, 1.82) is 0 Å². The highest BCUT2D eigenvalue weighted by atomic mass is 16.3. The summed E-state index contributed by atoms with van der Waals surface area (Å²) in [7, 11) is 0. The normalized spacial score (nSPS) is 13.5. The molecule has 0 aliphatic rings. The van der Waals surface area contributed by atoms with Crippen molar-refractivity contribution in [2.24, 2.45) is 0 Å². The van der Waals surface area contributed by atoms with Gasteiger partial charge in [-0.25, -0.2) is 0 Å². The van der Waals surface area contributed by atoms with E-state index < -0.39 is 6.10 Å². The lowest BCUT2D eigenvalue weighted by molar-refractivity contribution is -0.126. The standard InChI is InChI=1S/C15H22O2/c1-5-13(16)14(17)10-11-6-8-12(9-7-11)15(2,3)4/h6-9,13,16H,5,10H2,1-4H3. The SMILES string of the molecule is CCC(O)C(=O)Cc1ccc(C(C)(C)C)cc1. The van der Waals surface area contributed by atoms with Crippen molar-refractivity contribution in [1.82, 2.24) is 0 Å². The summed E-state index contributed by atoms with van der Waals surface area (Å²) in [6.45, 7) is 8.29. The van der Waals surface area contributed by atoms with E-state index >= 15 is 0 Å². The van der Waals surface area contributed by atoms with Crippen LogP contribution in [0.15, 0.2) is 24.3 Å². The van der Waals surface area contributed by atoms with E-state index in [2.05, 4.69) is 32.9 Å². The van der Waals surface area contributed by atoms with Crippen LogP contribution in [0.5, 0.6) is 0 Å². The summed E-state index contributed by atoms with van der Waals surface area (Å²) < 4.78 is 0. The van der Waals surface area contributed by atoms with Crippen molar-refractivity contribution in [3.63, 3.8) is 0 Å². The minimum Gasteiger partial charge on any atom is -0.385 e. The molecule has 1 rings (SSSR count). The summed E-state index contributed by atoms with van der Waals surface area (Å²) >= 11 is 0. The molecule has 0 saturated heterocycles. The average Bonchev–Trinajstić information content (AvgIpc) is 2.27. The van der Waals surface area contributed by atoms with Crippen molar-refractivity contribution in [2.75, 3.05) is 0 Å². The second kappa shape index (κ2) is 5.46. The number of benzene rings is 1. The van der Waals surface area contributed by atoms with Gasteiger partial charge in [0.2, 0.25) is 0 Å². The van der Waals surface area contributed by atoms with Crippen molar-refractivity contribution in [3.8, 4) is 0 Å². The summed E-state index contributed by atoms with van der Waals surface area (Å²) in [4.78, 5) is 11.6.